The number of fused-ring (bicyclic) bond motifs is 5. The molecule has 1 aliphatic heterocycles. The van der Waals surface area contributed by atoms with E-state index < -0.39 is 30.0 Å². The zero-order valence-corrected chi connectivity index (χ0v) is 26.8. The van der Waals surface area contributed by atoms with Gasteiger partial charge in [-0.1, -0.05) is 48.5 Å². The molecule has 2 aliphatic rings. The molecular formula is C32H30N4O8S2. The molecule has 0 spiro atoms. The number of amides is 1. The van der Waals surface area contributed by atoms with Gasteiger partial charge in [0.05, 0.1) is 22.4 Å². The highest BCUT2D eigenvalue weighted by atomic mass is 32.2. The van der Waals surface area contributed by atoms with Crippen molar-refractivity contribution in [2.45, 2.75) is 30.2 Å². The van der Waals surface area contributed by atoms with E-state index in [0.29, 0.717) is 23.3 Å². The normalized spacial score (nSPS) is 11.9. The topological polar surface area (TPSA) is 176 Å². The van der Waals surface area contributed by atoms with Crippen LogP contribution in [0.5, 0.6) is 0 Å². The molecule has 0 saturated carbocycles. The molecule has 0 fully saturated rings. The van der Waals surface area contributed by atoms with E-state index in [1.165, 1.54) is 31.2 Å². The fourth-order valence-electron chi connectivity index (χ4n) is 5.42. The maximum absolute atomic E-state index is 13.2. The lowest BCUT2D eigenvalue weighted by Crippen LogP contribution is -2.21. The summed E-state index contributed by atoms with van der Waals surface area (Å²) < 4.78 is 64.7. The van der Waals surface area contributed by atoms with Gasteiger partial charge in [0.2, 0.25) is 11.3 Å². The van der Waals surface area contributed by atoms with Crippen molar-refractivity contribution < 1.29 is 30.7 Å². The van der Waals surface area contributed by atoms with Gasteiger partial charge in [0.25, 0.3) is 20.2 Å². The van der Waals surface area contributed by atoms with Gasteiger partial charge in [0, 0.05) is 54.8 Å². The van der Waals surface area contributed by atoms with E-state index in [1.54, 1.807) is 6.07 Å². The molecule has 12 nitrogen and oxygen atoms in total. The Bertz CT molecular complexity index is 2350. The molecule has 0 aromatic heterocycles. The molecule has 0 bridgehead atoms. The van der Waals surface area contributed by atoms with Crippen LogP contribution in [0.2, 0.25) is 0 Å². The van der Waals surface area contributed by atoms with E-state index in [2.05, 4.69) is 16.0 Å². The van der Waals surface area contributed by atoms with Crippen LogP contribution < -0.4 is 15.6 Å². The number of carbonyl (C=O) groups excluding carboxylic acids is 1. The van der Waals surface area contributed by atoms with Crippen molar-refractivity contribution in [1.82, 2.24) is 9.55 Å². The number of aryl methyl sites for hydroxylation is 1. The molecule has 46 heavy (non-hydrogen) atoms. The zero-order valence-electron chi connectivity index (χ0n) is 25.2. The first kappa shape index (κ1) is 32.5. The molecule has 1 amide bonds. The number of rotatable bonds is 5. The van der Waals surface area contributed by atoms with Crippen LogP contribution in [0.3, 0.4) is 0 Å². The molecular weight excluding hydrogens is 633 g/mol. The predicted molar refractivity (Wildman–Crippen MR) is 178 cm³/mol. The predicted octanol–water partition coefficient (Wildman–Crippen LogP) is 5.03. The van der Waals surface area contributed by atoms with E-state index in [4.69, 9.17) is 14.1 Å². The number of carbonyl (C=O) groups is 1. The van der Waals surface area contributed by atoms with E-state index in [1.807, 2.05) is 56.3 Å². The minimum absolute atomic E-state index is 0.0233. The molecule has 4 aromatic rings. The van der Waals surface area contributed by atoms with Crippen LogP contribution in [0.1, 0.15) is 13.8 Å². The maximum atomic E-state index is 13.2. The summed E-state index contributed by atoms with van der Waals surface area (Å²) >= 11 is 0. The van der Waals surface area contributed by atoms with Gasteiger partial charge in [-0.2, -0.15) is 16.8 Å². The molecule has 1 aliphatic carbocycles. The molecule has 4 aromatic carbocycles. The van der Waals surface area contributed by atoms with Crippen LogP contribution in [0.4, 0.5) is 11.4 Å². The zero-order chi connectivity index (χ0) is 33.6. The van der Waals surface area contributed by atoms with Crippen molar-refractivity contribution in [1.29, 1.82) is 0 Å². The molecule has 0 saturated heterocycles. The smallest absolute Gasteiger partial charge is 0.295 e. The SMILES string of the molecule is CCn1c2c(NC(C)=O)c(=O)c3ccccc3c-2nc2ccc(N(C)C)cc21.O=S(=O)(O)c1cccc2c(S(=O)(=O)O)cccc12. The third-order valence-corrected chi connectivity index (χ3v) is 9.22. The number of hydrogen-bond acceptors (Lipinski definition) is 8. The van der Waals surface area contributed by atoms with Crippen molar-refractivity contribution in [2.24, 2.45) is 0 Å². The standard InChI is InChI=1S/C22H22N4O2.C10H8O6S2/c1-5-26-18-12-14(25(3)4)10-11-17(18)24-19-15-8-6-7-9-16(15)22(28)20(21(19)26)23-13(2)27;11-17(12,13)9-5-1-3-7-8(9)4-2-6-10(7)18(14,15)16/h6-12H,5H2,1-4H3,(H,23,27);1-6H,(H,11,12,13)(H,14,15,16). The molecule has 3 N–H and O–H groups in total. The van der Waals surface area contributed by atoms with Gasteiger partial charge in [-0.25, -0.2) is 4.98 Å². The third-order valence-electron chi connectivity index (χ3n) is 7.40. The molecule has 1 heterocycles. The largest absolute Gasteiger partial charge is 0.378 e. The molecule has 0 atom stereocenters. The Kier molecular flexibility index (Phi) is 8.57. The highest BCUT2D eigenvalue weighted by molar-refractivity contribution is 7.86. The molecule has 0 radical (unpaired) electrons. The molecule has 14 heteroatoms. The van der Waals surface area contributed by atoms with Gasteiger partial charge < -0.3 is 14.8 Å². The Morgan fingerprint density at radius 3 is 1.87 bits per heavy atom. The van der Waals surface area contributed by atoms with Gasteiger partial charge in [-0.15, -0.1) is 0 Å². The first-order valence-electron chi connectivity index (χ1n) is 13.9. The summed E-state index contributed by atoms with van der Waals surface area (Å²) in [5.41, 5.74) is 4.27. The Labute approximate surface area is 264 Å². The lowest BCUT2D eigenvalue weighted by atomic mass is 10.0. The van der Waals surface area contributed by atoms with E-state index >= 15 is 0 Å². The molecule has 238 valence electrons. The van der Waals surface area contributed by atoms with Crippen LogP contribution in [0.25, 0.3) is 44.0 Å². The average molecular weight is 663 g/mol. The average Bonchev–Trinajstić information content (AvgIpc) is 3.00. The summed E-state index contributed by atoms with van der Waals surface area (Å²) in [6, 6.07) is 21.0. The second kappa shape index (κ2) is 12.1. The minimum atomic E-state index is -4.47. The second-order valence-corrected chi connectivity index (χ2v) is 13.4. The summed E-state index contributed by atoms with van der Waals surface area (Å²) in [6.07, 6.45) is 0. The second-order valence-electron chi connectivity index (χ2n) is 10.6. The first-order chi connectivity index (χ1) is 21.6. The summed E-state index contributed by atoms with van der Waals surface area (Å²) in [5, 5.41) is 4.15. The van der Waals surface area contributed by atoms with Crippen LogP contribution in [-0.2, 0) is 31.6 Å². The summed E-state index contributed by atoms with van der Waals surface area (Å²) in [6.45, 7) is 4.07. The Balaban J connectivity index is 0.000000200. The van der Waals surface area contributed by atoms with Crippen molar-refractivity contribution >= 4 is 70.1 Å². The van der Waals surface area contributed by atoms with E-state index in [-0.39, 0.29) is 27.8 Å². The fourth-order valence-corrected chi connectivity index (χ4v) is 6.83. The van der Waals surface area contributed by atoms with Gasteiger partial charge in [0.1, 0.15) is 15.5 Å². The van der Waals surface area contributed by atoms with E-state index in [9.17, 15) is 26.4 Å². The monoisotopic (exact) mass is 662 g/mol. The van der Waals surface area contributed by atoms with Gasteiger partial charge in [-0.3, -0.25) is 18.7 Å². The number of nitrogens with zero attached hydrogens (tertiary/aromatic N) is 3. The number of aromatic nitrogens is 2. The van der Waals surface area contributed by atoms with Crippen LogP contribution in [0, 0.1) is 0 Å². The molecule has 6 rings (SSSR count). The van der Waals surface area contributed by atoms with Crippen molar-refractivity contribution in [3.05, 3.63) is 89.1 Å². The van der Waals surface area contributed by atoms with Gasteiger partial charge in [-0.05, 0) is 37.3 Å². The number of anilines is 2. The number of benzene rings is 5. The van der Waals surface area contributed by atoms with Gasteiger partial charge >= 0.3 is 0 Å². The van der Waals surface area contributed by atoms with Crippen LogP contribution >= 0.6 is 0 Å². The van der Waals surface area contributed by atoms with Crippen molar-refractivity contribution in [2.75, 3.05) is 24.3 Å². The Hall–Kier alpha value is -4.89. The summed E-state index contributed by atoms with van der Waals surface area (Å²) in [7, 11) is -4.97. The molecule has 0 unspecified atom stereocenters. The minimum Gasteiger partial charge on any atom is -0.378 e. The lowest BCUT2D eigenvalue weighted by molar-refractivity contribution is -0.114. The van der Waals surface area contributed by atoms with Crippen LogP contribution in [0.15, 0.2) is 93.4 Å². The number of hydrogen-bond donors (Lipinski definition) is 3. The van der Waals surface area contributed by atoms with Crippen molar-refractivity contribution in [3.63, 3.8) is 0 Å². The Morgan fingerprint density at radius 1 is 0.826 bits per heavy atom. The Morgan fingerprint density at radius 2 is 1.37 bits per heavy atom. The van der Waals surface area contributed by atoms with E-state index in [0.717, 1.165) is 34.2 Å². The van der Waals surface area contributed by atoms with Crippen molar-refractivity contribution in [3.8, 4) is 11.4 Å². The first-order valence-corrected chi connectivity index (χ1v) is 16.8. The third kappa shape index (κ3) is 6.02. The maximum Gasteiger partial charge on any atom is 0.295 e. The highest BCUT2D eigenvalue weighted by Gasteiger charge is 2.24. The van der Waals surface area contributed by atoms with Crippen LogP contribution in [-0.4, -0.2) is 55.5 Å². The lowest BCUT2D eigenvalue weighted by Gasteiger charge is -2.23. The summed E-state index contributed by atoms with van der Waals surface area (Å²) in [5.74, 6) is -0.279. The fraction of sp³-hybridized carbons (Fsp3) is 0.156. The van der Waals surface area contributed by atoms with Gasteiger partial charge in [0.15, 0.2) is 0 Å². The highest BCUT2D eigenvalue weighted by Crippen LogP contribution is 2.36. The quantitative estimate of drug-likeness (QED) is 0.129. The summed E-state index contributed by atoms with van der Waals surface area (Å²) in [4.78, 5) is 31.2. The number of nitrogens with one attached hydrogen (secondary N) is 1.